The molecular weight excluding hydrogens is 608 g/mol. The van der Waals surface area contributed by atoms with Gasteiger partial charge in [-0.25, -0.2) is 9.78 Å². The number of carbonyl (C=O) groups excluding carboxylic acids is 3. The zero-order chi connectivity index (χ0) is 34.5. The maximum absolute atomic E-state index is 13.7. The molecule has 4 rings (SSSR count). The van der Waals surface area contributed by atoms with E-state index in [1.165, 1.54) is 7.11 Å². The topological polar surface area (TPSA) is 177 Å². The Morgan fingerprint density at radius 2 is 1.66 bits per heavy atom. The minimum absolute atomic E-state index is 0.142. The molecule has 1 atom stereocenters. The third-order valence-corrected chi connectivity index (χ3v) is 7.64. The lowest BCUT2D eigenvalue weighted by Crippen LogP contribution is -2.47. The molecule has 0 aliphatic carbocycles. The van der Waals surface area contributed by atoms with Crippen LogP contribution >= 0.6 is 0 Å². The number of nitrogens with one attached hydrogen (secondary N) is 2. The van der Waals surface area contributed by atoms with Crippen LogP contribution in [0.2, 0.25) is 0 Å². The highest BCUT2D eigenvalue weighted by molar-refractivity contribution is 5.98. The number of aryl methyl sites for hydroxylation is 1. The molecule has 2 aromatic carbocycles. The van der Waals surface area contributed by atoms with Gasteiger partial charge in [0, 0.05) is 5.56 Å². The smallest absolute Gasteiger partial charge is 0.411 e. The summed E-state index contributed by atoms with van der Waals surface area (Å²) >= 11 is 0. The Labute approximate surface area is 271 Å². The van der Waals surface area contributed by atoms with Crippen molar-refractivity contribution in [3.05, 3.63) is 81.9 Å². The van der Waals surface area contributed by atoms with Crippen molar-refractivity contribution in [2.45, 2.75) is 52.6 Å². The average molecular weight is 647 g/mol. The van der Waals surface area contributed by atoms with E-state index in [2.05, 4.69) is 30.6 Å². The van der Waals surface area contributed by atoms with Gasteiger partial charge in [0.25, 0.3) is 11.4 Å². The summed E-state index contributed by atoms with van der Waals surface area (Å²) in [5, 5.41) is 13.3. The maximum atomic E-state index is 13.7. The number of ketones is 1. The predicted molar refractivity (Wildman–Crippen MR) is 172 cm³/mol. The second-order valence-electron chi connectivity index (χ2n) is 11.5. The molecule has 0 aliphatic heterocycles. The van der Waals surface area contributed by atoms with Gasteiger partial charge in [-0.1, -0.05) is 50.2 Å². The molecule has 0 saturated heterocycles. The summed E-state index contributed by atoms with van der Waals surface area (Å²) in [5.41, 5.74) is -0.0599. The van der Waals surface area contributed by atoms with Crippen LogP contribution in [-0.2, 0) is 21.5 Å². The molecule has 2 N–H and O–H groups in total. The number of benzene rings is 2. The van der Waals surface area contributed by atoms with Crippen LogP contribution in [0.25, 0.3) is 11.4 Å². The van der Waals surface area contributed by atoms with Crippen LogP contribution < -0.4 is 25.7 Å². The highest BCUT2D eigenvalue weighted by Gasteiger charge is 2.35. The molecule has 47 heavy (non-hydrogen) atoms. The minimum atomic E-state index is -1.07. The summed E-state index contributed by atoms with van der Waals surface area (Å²) in [7, 11) is 4.24. The number of methoxy groups -OCH3 is 3. The molecule has 2 heterocycles. The number of Topliss-reactive ketones (excluding diaryl/α,β-unsaturated/α-hetero) is 1. The van der Waals surface area contributed by atoms with E-state index in [1.807, 2.05) is 19.9 Å². The predicted octanol–water partition coefficient (Wildman–Crippen LogP) is 4.15. The lowest BCUT2D eigenvalue weighted by molar-refractivity contribution is -0.122. The first-order chi connectivity index (χ1) is 22.3. The molecule has 0 bridgehead atoms. The van der Waals surface area contributed by atoms with E-state index in [0.29, 0.717) is 17.1 Å². The van der Waals surface area contributed by atoms with Crippen LogP contribution in [-0.4, -0.2) is 64.9 Å². The summed E-state index contributed by atoms with van der Waals surface area (Å²) in [6, 6.07) is 13.1. The molecule has 0 spiro atoms. The number of hydrogen-bond donors (Lipinski definition) is 2. The van der Waals surface area contributed by atoms with Gasteiger partial charge < -0.3 is 23.9 Å². The Balaban J connectivity index is 1.62. The Morgan fingerprint density at radius 3 is 2.28 bits per heavy atom. The third-order valence-electron chi connectivity index (χ3n) is 7.64. The number of carbonyl (C=O) groups is 3. The molecule has 14 nitrogen and oxygen atoms in total. The number of hydrogen-bond acceptors (Lipinski definition) is 11. The summed E-state index contributed by atoms with van der Waals surface area (Å²) in [5.74, 6) is -0.475. The molecule has 2 aromatic heterocycles. The van der Waals surface area contributed by atoms with Crippen molar-refractivity contribution in [1.82, 2.24) is 25.1 Å². The summed E-state index contributed by atoms with van der Waals surface area (Å²) in [6.07, 6.45) is -0.867. The summed E-state index contributed by atoms with van der Waals surface area (Å²) < 4.78 is 22.4. The first-order valence-electron chi connectivity index (χ1n) is 14.7. The molecule has 14 heteroatoms. The highest BCUT2D eigenvalue weighted by atomic mass is 16.5. The van der Waals surface area contributed by atoms with E-state index in [4.69, 9.17) is 13.9 Å². The first-order valence-corrected chi connectivity index (χ1v) is 14.7. The van der Waals surface area contributed by atoms with Gasteiger partial charge in [0.1, 0.15) is 18.1 Å². The fourth-order valence-corrected chi connectivity index (χ4v) is 4.87. The van der Waals surface area contributed by atoms with Gasteiger partial charge in [0.2, 0.25) is 17.6 Å². The number of amides is 2. The largest absolute Gasteiger partial charge is 0.493 e. The Morgan fingerprint density at radius 1 is 0.979 bits per heavy atom. The van der Waals surface area contributed by atoms with Gasteiger partial charge in [0.05, 0.1) is 38.5 Å². The first kappa shape index (κ1) is 34.3. The number of anilines is 1. The minimum Gasteiger partial charge on any atom is -0.493 e. The fraction of sp³-hybridized carbons (Fsp3) is 0.364. The van der Waals surface area contributed by atoms with E-state index in [0.717, 1.165) is 17.2 Å². The van der Waals surface area contributed by atoms with E-state index in [1.54, 1.807) is 70.3 Å². The van der Waals surface area contributed by atoms with Gasteiger partial charge >= 0.3 is 6.09 Å². The highest BCUT2D eigenvalue weighted by Crippen LogP contribution is 2.36. The molecule has 0 radical (unpaired) electrons. The van der Waals surface area contributed by atoms with Gasteiger partial charge in [-0.3, -0.25) is 24.3 Å². The molecule has 4 aromatic rings. The van der Waals surface area contributed by atoms with Crippen molar-refractivity contribution in [2.75, 3.05) is 26.6 Å². The normalized spacial score (nSPS) is 11.9. The standard InChI is InChI=1S/C33H38N6O8/c1-18(2)25(27(41)29-37-38-31(47-29)33(4,5)21-14-15-22(44-6)23(16-21)45-7)35-24(40)17-39-28(20-12-10-9-11-13-20)34-19(3)26(30(39)42)36-32(43)46-8/h9-16,18,25H,17H2,1-8H3,(H,35,40)(H,36,43)/t25-/m0/s1. The van der Waals surface area contributed by atoms with Crippen molar-refractivity contribution >= 4 is 23.5 Å². The van der Waals surface area contributed by atoms with Crippen molar-refractivity contribution in [2.24, 2.45) is 5.92 Å². The lowest BCUT2D eigenvalue weighted by Gasteiger charge is -2.22. The number of rotatable bonds is 12. The lowest BCUT2D eigenvalue weighted by atomic mass is 9.84. The van der Waals surface area contributed by atoms with Crippen LogP contribution in [0.5, 0.6) is 11.5 Å². The van der Waals surface area contributed by atoms with Crippen molar-refractivity contribution in [1.29, 1.82) is 0 Å². The zero-order valence-corrected chi connectivity index (χ0v) is 27.5. The van der Waals surface area contributed by atoms with Crippen LogP contribution in [0.4, 0.5) is 10.5 Å². The molecule has 0 fully saturated rings. The monoisotopic (exact) mass is 646 g/mol. The van der Waals surface area contributed by atoms with Crippen molar-refractivity contribution < 1.29 is 33.0 Å². The Kier molecular flexibility index (Phi) is 10.4. The Bertz CT molecular complexity index is 1830. The van der Waals surface area contributed by atoms with E-state index in [-0.39, 0.29) is 29.0 Å². The quantitative estimate of drug-likeness (QED) is 0.211. The number of nitrogens with zero attached hydrogens (tertiary/aromatic N) is 4. The molecule has 0 aliphatic rings. The molecular formula is C33H38N6O8. The SMILES string of the molecule is COC(=O)Nc1c(C)nc(-c2ccccc2)n(CC(=O)N[C@H](C(=O)c2nnc(C(C)(C)c3ccc(OC)c(OC)c3)o2)C(C)C)c1=O. The molecule has 0 saturated carbocycles. The summed E-state index contributed by atoms with van der Waals surface area (Å²) in [4.78, 5) is 57.2. The van der Waals surface area contributed by atoms with Crippen molar-refractivity contribution in [3.63, 3.8) is 0 Å². The van der Waals surface area contributed by atoms with Crippen LogP contribution in [0.15, 0.2) is 57.7 Å². The second-order valence-corrected chi connectivity index (χ2v) is 11.5. The Hall–Kier alpha value is -5.53. The van der Waals surface area contributed by atoms with Gasteiger partial charge in [-0.15, -0.1) is 10.2 Å². The van der Waals surface area contributed by atoms with E-state index >= 15 is 0 Å². The molecule has 248 valence electrons. The van der Waals surface area contributed by atoms with E-state index < -0.39 is 47.3 Å². The fourth-order valence-electron chi connectivity index (χ4n) is 4.87. The van der Waals surface area contributed by atoms with Crippen LogP contribution in [0.3, 0.4) is 0 Å². The van der Waals surface area contributed by atoms with E-state index in [9.17, 15) is 19.2 Å². The second kappa shape index (κ2) is 14.3. The summed E-state index contributed by atoms with van der Waals surface area (Å²) in [6.45, 7) is 8.27. The number of ether oxygens (including phenoxy) is 3. The van der Waals surface area contributed by atoms with Gasteiger partial charge in [0.15, 0.2) is 11.5 Å². The van der Waals surface area contributed by atoms with Crippen LogP contribution in [0.1, 0.15) is 55.5 Å². The van der Waals surface area contributed by atoms with Gasteiger partial charge in [-0.2, -0.15) is 0 Å². The van der Waals surface area contributed by atoms with Crippen LogP contribution in [0, 0.1) is 12.8 Å². The number of aromatic nitrogens is 4. The van der Waals surface area contributed by atoms with Crippen molar-refractivity contribution in [3.8, 4) is 22.9 Å². The third kappa shape index (κ3) is 7.32. The maximum Gasteiger partial charge on any atom is 0.411 e. The zero-order valence-electron chi connectivity index (χ0n) is 27.5. The molecule has 2 amide bonds. The van der Waals surface area contributed by atoms with Gasteiger partial charge in [-0.05, 0) is 44.4 Å². The molecule has 0 unspecified atom stereocenters. The average Bonchev–Trinajstić information content (AvgIpc) is 3.57.